The average Bonchev–Trinajstić information content (AvgIpc) is 2.78. The topological polar surface area (TPSA) is 61.2 Å². The normalized spacial score (nSPS) is 33.2. The summed E-state index contributed by atoms with van der Waals surface area (Å²) >= 11 is 0. The molecule has 0 N–H and O–H groups in total. The predicted octanol–water partition coefficient (Wildman–Crippen LogP) is 1.21. The van der Waals surface area contributed by atoms with E-state index in [4.69, 9.17) is 5.26 Å². The lowest BCUT2D eigenvalue weighted by atomic mass is 9.89. The van der Waals surface area contributed by atoms with Crippen LogP contribution in [0.5, 0.6) is 0 Å². The van der Waals surface area contributed by atoms with Crippen molar-refractivity contribution in [2.75, 3.05) is 19.3 Å². The summed E-state index contributed by atoms with van der Waals surface area (Å²) in [6, 6.07) is 1.72. The quantitative estimate of drug-likeness (QED) is 0.744. The van der Waals surface area contributed by atoms with E-state index in [1.807, 2.05) is 0 Å². The van der Waals surface area contributed by atoms with Gasteiger partial charge in [0.25, 0.3) is 0 Å². The minimum atomic E-state index is -3.34. The van der Waals surface area contributed by atoms with Crippen LogP contribution in [0.2, 0.25) is 0 Å². The number of nitrogens with zero attached hydrogens (tertiary/aromatic N) is 2. The molecule has 3 atom stereocenters. The Labute approximate surface area is 97.3 Å². The van der Waals surface area contributed by atoms with Crippen LogP contribution in [0, 0.1) is 29.1 Å². The van der Waals surface area contributed by atoms with Gasteiger partial charge in [-0.05, 0) is 37.0 Å². The van der Waals surface area contributed by atoms with Gasteiger partial charge in [0.2, 0.25) is 10.0 Å². The second kappa shape index (κ2) is 4.34. The third-order valence-electron chi connectivity index (χ3n) is 4.10. The van der Waals surface area contributed by atoms with Gasteiger partial charge in [0.15, 0.2) is 5.75 Å². The van der Waals surface area contributed by atoms with Crippen LogP contribution in [-0.4, -0.2) is 32.1 Å². The van der Waals surface area contributed by atoms with Crippen molar-refractivity contribution in [3.8, 4) is 6.07 Å². The molecule has 0 aromatic rings. The van der Waals surface area contributed by atoms with Crippen LogP contribution < -0.4 is 0 Å². The molecule has 5 heteroatoms. The molecule has 90 valence electrons. The van der Waals surface area contributed by atoms with E-state index in [-0.39, 0.29) is 0 Å². The van der Waals surface area contributed by atoms with Gasteiger partial charge >= 0.3 is 0 Å². The minimum absolute atomic E-state index is 0.398. The molecule has 2 aliphatic carbocycles. The number of hydrogen-bond donors (Lipinski definition) is 0. The summed E-state index contributed by atoms with van der Waals surface area (Å²) in [4.78, 5) is 0. The van der Waals surface area contributed by atoms with E-state index in [0.717, 1.165) is 11.8 Å². The monoisotopic (exact) mass is 242 g/mol. The van der Waals surface area contributed by atoms with E-state index in [2.05, 4.69) is 0 Å². The summed E-state index contributed by atoms with van der Waals surface area (Å²) in [5.41, 5.74) is 0. The van der Waals surface area contributed by atoms with Crippen molar-refractivity contribution in [1.82, 2.24) is 4.31 Å². The Bertz CT molecular complexity index is 399. The Morgan fingerprint density at radius 3 is 2.62 bits per heavy atom. The maximum absolute atomic E-state index is 11.6. The third-order valence-corrected chi connectivity index (χ3v) is 5.69. The van der Waals surface area contributed by atoms with E-state index in [1.165, 1.54) is 30.0 Å². The minimum Gasteiger partial charge on any atom is -0.211 e. The number of nitriles is 1. The van der Waals surface area contributed by atoms with E-state index in [0.29, 0.717) is 12.5 Å². The summed E-state index contributed by atoms with van der Waals surface area (Å²) < 4.78 is 24.6. The van der Waals surface area contributed by atoms with Crippen molar-refractivity contribution in [3.63, 3.8) is 0 Å². The molecule has 0 aromatic carbocycles. The van der Waals surface area contributed by atoms with Crippen molar-refractivity contribution in [1.29, 1.82) is 5.26 Å². The molecule has 0 heterocycles. The van der Waals surface area contributed by atoms with Gasteiger partial charge in [-0.1, -0.05) is 6.42 Å². The smallest absolute Gasteiger partial charge is 0.211 e. The molecular weight excluding hydrogens is 224 g/mol. The molecule has 4 nitrogen and oxygen atoms in total. The highest BCUT2D eigenvalue weighted by Gasteiger charge is 2.40. The molecule has 2 aliphatic rings. The lowest BCUT2D eigenvalue weighted by Crippen LogP contribution is -2.35. The van der Waals surface area contributed by atoms with Gasteiger partial charge in [-0.25, -0.2) is 12.7 Å². The third kappa shape index (κ3) is 2.23. The summed E-state index contributed by atoms with van der Waals surface area (Å²) in [6.45, 7) is 0.602. The van der Waals surface area contributed by atoms with Gasteiger partial charge in [-0.15, -0.1) is 0 Å². The summed E-state index contributed by atoms with van der Waals surface area (Å²) in [7, 11) is -1.75. The first kappa shape index (κ1) is 11.9. The SMILES string of the molecule is CN(CC1CC2CCC1C2)S(=O)(=O)CC#N. The number of fused-ring (bicyclic) bond motifs is 2. The second-order valence-electron chi connectivity index (χ2n) is 5.13. The number of rotatable bonds is 4. The Kier molecular flexibility index (Phi) is 3.22. The van der Waals surface area contributed by atoms with Gasteiger partial charge in [-0.3, -0.25) is 0 Å². The molecule has 0 aliphatic heterocycles. The molecule has 0 saturated heterocycles. The van der Waals surface area contributed by atoms with Crippen molar-refractivity contribution in [2.24, 2.45) is 17.8 Å². The van der Waals surface area contributed by atoms with E-state index >= 15 is 0 Å². The maximum Gasteiger partial charge on any atom is 0.227 e. The molecule has 3 unspecified atom stereocenters. The fourth-order valence-corrected chi connectivity index (χ4v) is 4.04. The molecule has 2 fully saturated rings. The van der Waals surface area contributed by atoms with Crippen LogP contribution in [0.25, 0.3) is 0 Å². The zero-order valence-corrected chi connectivity index (χ0v) is 10.4. The first-order valence-electron chi connectivity index (χ1n) is 5.84. The zero-order valence-electron chi connectivity index (χ0n) is 9.59. The van der Waals surface area contributed by atoms with E-state index < -0.39 is 15.8 Å². The zero-order chi connectivity index (χ0) is 11.8. The second-order valence-corrected chi connectivity index (χ2v) is 7.21. The molecule has 0 radical (unpaired) electrons. The average molecular weight is 242 g/mol. The number of hydrogen-bond acceptors (Lipinski definition) is 3. The lowest BCUT2D eigenvalue weighted by Gasteiger charge is -2.26. The van der Waals surface area contributed by atoms with E-state index in [1.54, 1.807) is 13.1 Å². The van der Waals surface area contributed by atoms with Gasteiger partial charge in [0.1, 0.15) is 0 Å². The lowest BCUT2D eigenvalue weighted by molar-refractivity contribution is 0.280. The Balaban J connectivity index is 1.93. The van der Waals surface area contributed by atoms with Crippen LogP contribution in [0.1, 0.15) is 25.7 Å². The Hall–Kier alpha value is -0.600. The molecule has 2 rings (SSSR count). The first-order chi connectivity index (χ1) is 7.53. The molecule has 0 amide bonds. The molecule has 2 bridgehead atoms. The standard InChI is InChI=1S/C11H18N2O2S/c1-13(16(14,15)5-4-12)8-11-7-9-2-3-10(11)6-9/h9-11H,2-3,5-8H2,1H3. The van der Waals surface area contributed by atoms with Gasteiger partial charge in [0, 0.05) is 13.6 Å². The number of sulfonamides is 1. The summed E-state index contributed by atoms with van der Waals surface area (Å²) in [5.74, 6) is 1.69. The molecular formula is C11H18N2O2S. The summed E-state index contributed by atoms with van der Waals surface area (Å²) in [6.07, 6.45) is 5.06. The first-order valence-corrected chi connectivity index (χ1v) is 7.45. The van der Waals surface area contributed by atoms with Gasteiger partial charge in [-0.2, -0.15) is 5.26 Å². The Morgan fingerprint density at radius 2 is 2.12 bits per heavy atom. The van der Waals surface area contributed by atoms with Crippen LogP contribution in [0.3, 0.4) is 0 Å². The van der Waals surface area contributed by atoms with Crippen LogP contribution in [-0.2, 0) is 10.0 Å². The largest absolute Gasteiger partial charge is 0.227 e. The highest BCUT2D eigenvalue weighted by atomic mass is 32.2. The molecule has 0 aromatic heterocycles. The predicted molar refractivity (Wildman–Crippen MR) is 61.0 cm³/mol. The summed E-state index contributed by atoms with van der Waals surface area (Å²) in [5, 5.41) is 8.46. The molecule has 0 spiro atoms. The van der Waals surface area contributed by atoms with Crippen molar-refractivity contribution in [3.05, 3.63) is 0 Å². The van der Waals surface area contributed by atoms with E-state index in [9.17, 15) is 8.42 Å². The fourth-order valence-electron chi connectivity index (χ4n) is 3.24. The Morgan fingerprint density at radius 1 is 1.38 bits per heavy atom. The maximum atomic E-state index is 11.6. The molecule has 2 saturated carbocycles. The molecule has 16 heavy (non-hydrogen) atoms. The van der Waals surface area contributed by atoms with Crippen molar-refractivity contribution < 1.29 is 8.42 Å². The van der Waals surface area contributed by atoms with Gasteiger partial charge in [0.05, 0.1) is 6.07 Å². The van der Waals surface area contributed by atoms with Crippen LogP contribution >= 0.6 is 0 Å². The van der Waals surface area contributed by atoms with Crippen molar-refractivity contribution in [2.45, 2.75) is 25.7 Å². The highest BCUT2D eigenvalue weighted by Crippen LogP contribution is 2.48. The fraction of sp³-hybridized carbons (Fsp3) is 0.909. The van der Waals surface area contributed by atoms with Gasteiger partial charge < -0.3 is 0 Å². The van der Waals surface area contributed by atoms with Crippen LogP contribution in [0.4, 0.5) is 0 Å². The highest BCUT2D eigenvalue weighted by molar-refractivity contribution is 7.89. The van der Waals surface area contributed by atoms with Crippen molar-refractivity contribution >= 4 is 10.0 Å². The van der Waals surface area contributed by atoms with Crippen LogP contribution in [0.15, 0.2) is 0 Å².